The van der Waals surface area contributed by atoms with Crippen LogP contribution in [0.1, 0.15) is 52.4 Å². The van der Waals surface area contributed by atoms with Crippen molar-refractivity contribution >= 4 is 5.91 Å². The van der Waals surface area contributed by atoms with Crippen LogP contribution in [-0.2, 0) is 4.79 Å². The maximum Gasteiger partial charge on any atom is 0.234 e. The summed E-state index contributed by atoms with van der Waals surface area (Å²) in [5.41, 5.74) is 0. The summed E-state index contributed by atoms with van der Waals surface area (Å²) in [6.45, 7) is 6.24. The maximum atomic E-state index is 11.8. The number of likely N-dealkylation sites (tertiary alicyclic amines) is 1. The first kappa shape index (κ1) is 15.4. The molecule has 1 aliphatic rings. The van der Waals surface area contributed by atoms with Gasteiger partial charge in [0.25, 0.3) is 0 Å². The van der Waals surface area contributed by atoms with Crippen LogP contribution in [-0.4, -0.2) is 47.7 Å². The molecule has 1 aliphatic heterocycles. The lowest BCUT2D eigenvalue weighted by atomic mass is 10.1. The van der Waals surface area contributed by atoms with E-state index in [1.165, 1.54) is 19.3 Å². The lowest BCUT2D eigenvalue weighted by Gasteiger charge is -2.29. The molecule has 0 aromatic heterocycles. The van der Waals surface area contributed by atoms with Crippen molar-refractivity contribution < 1.29 is 9.90 Å². The molecule has 0 saturated carbocycles. The van der Waals surface area contributed by atoms with Gasteiger partial charge in [0.15, 0.2) is 0 Å². The van der Waals surface area contributed by atoms with Crippen LogP contribution in [0.2, 0.25) is 0 Å². The molecule has 2 unspecified atom stereocenters. The SMILES string of the molecule is CCCCCC(C)NC(=O)CN1CCCC(O)C1. The third kappa shape index (κ3) is 6.36. The zero-order valence-electron chi connectivity index (χ0n) is 11.8. The zero-order chi connectivity index (χ0) is 13.4. The van der Waals surface area contributed by atoms with E-state index in [2.05, 4.69) is 19.2 Å². The quantitative estimate of drug-likeness (QED) is 0.679. The minimum Gasteiger partial charge on any atom is -0.392 e. The van der Waals surface area contributed by atoms with Gasteiger partial charge >= 0.3 is 0 Å². The molecule has 2 N–H and O–H groups in total. The molecule has 0 radical (unpaired) electrons. The molecule has 0 aromatic rings. The van der Waals surface area contributed by atoms with Gasteiger partial charge in [0, 0.05) is 12.6 Å². The molecule has 0 bridgehead atoms. The Balaban J connectivity index is 2.15. The van der Waals surface area contributed by atoms with Crippen LogP contribution in [0.4, 0.5) is 0 Å². The number of β-amino-alcohol motifs (C(OH)–C–C–N with tert-alkyl or cyclic N) is 1. The Bertz CT molecular complexity index is 246. The Kier molecular flexibility index (Phi) is 7.28. The average molecular weight is 256 g/mol. The van der Waals surface area contributed by atoms with Crippen LogP contribution >= 0.6 is 0 Å². The van der Waals surface area contributed by atoms with E-state index in [0.717, 1.165) is 25.8 Å². The van der Waals surface area contributed by atoms with Crippen LogP contribution < -0.4 is 5.32 Å². The molecule has 18 heavy (non-hydrogen) atoms. The van der Waals surface area contributed by atoms with E-state index < -0.39 is 0 Å². The standard InChI is InChI=1S/C14H28N2O2/c1-3-4-5-7-12(2)15-14(18)11-16-9-6-8-13(17)10-16/h12-13,17H,3-11H2,1-2H3,(H,15,18). The minimum absolute atomic E-state index is 0.0908. The van der Waals surface area contributed by atoms with E-state index in [1.54, 1.807) is 0 Å². The van der Waals surface area contributed by atoms with Crippen molar-refractivity contribution in [2.45, 2.75) is 64.5 Å². The zero-order valence-corrected chi connectivity index (χ0v) is 11.8. The number of aliphatic hydroxyl groups is 1. The van der Waals surface area contributed by atoms with E-state index in [4.69, 9.17) is 0 Å². The summed E-state index contributed by atoms with van der Waals surface area (Å²) in [5.74, 6) is 0.0908. The lowest BCUT2D eigenvalue weighted by molar-refractivity contribution is -0.123. The Morgan fingerprint density at radius 3 is 2.94 bits per heavy atom. The van der Waals surface area contributed by atoms with Crippen molar-refractivity contribution in [2.75, 3.05) is 19.6 Å². The monoisotopic (exact) mass is 256 g/mol. The normalized spacial score (nSPS) is 22.7. The first-order chi connectivity index (χ1) is 8.61. The van der Waals surface area contributed by atoms with Crippen molar-refractivity contribution in [3.05, 3.63) is 0 Å². The molecule has 0 aromatic carbocycles. The Morgan fingerprint density at radius 2 is 2.28 bits per heavy atom. The highest BCUT2D eigenvalue weighted by Gasteiger charge is 2.20. The second-order valence-electron chi connectivity index (χ2n) is 5.50. The first-order valence-corrected chi connectivity index (χ1v) is 7.31. The maximum absolute atomic E-state index is 11.8. The summed E-state index contributed by atoms with van der Waals surface area (Å²) < 4.78 is 0. The average Bonchev–Trinajstić information content (AvgIpc) is 2.29. The van der Waals surface area contributed by atoms with Crippen LogP contribution in [0.3, 0.4) is 0 Å². The fraction of sp³-hybridized carbons (Fsp3) is 0.929. The Labute approximate surface area is 111 Å². The van der Waals surface area contributed by atoms with E-state index in [-0.39, 0.29) is 18.1 Å². The van der Waals surface area contributed by atoms with Gasteiger partial charge in [-0.1, -0.05) is 26.2 Å². The van der Waals surface area contributed by atoms with Crippen molar-refractivity contribution in [1.29, 1.82) is 0 Å². The highest BCUT2D eigenvalue weighted by Crippen LogP contribution is 2.09. The number of carbonyl (C=O) groups excluding carboxylic acids is 1. The molecule has 0 spiro atoms. The third-order valence-corrected chi connectivity index (χ3v) is 3.50. The molecule has 0 aliphatic carbocycles. The number of hydrogen-bond acceptors (Lipinski definition) is 3. The molecule has 1 saturated heterocycles. The Hall–Kier alpha value is -0.610. The van der Waals surface area contributed by atoms with Gasteiger partial charge in [-0.2, -0.15) is 0 Å². The van der Waals surface area contributed by atoms with Crippen LogP contribution in [0.5, 0.6) is 0 Å². The fourth-order valence-electron chi connectivity index (χ4n) is 2.47. The number of nitrogens with one attached hydrogen (secondary N) is 1. The van der Waals surface area contributed by atoms with Gasteiger partial charge in [-0.05, 0) is 32.7 Å². The predicted octanol–water partition coefficient (Wildman–Crippen LogP) is 1.53. The van der Waals surface area contributed by atoms with Gasteiger partial charge in [-0.25, -0.2) is 0 Å². The van der Waals surface area contributed by atoms with E-state index in [9.17, 15) is 9.90 Å². The van der Waals surface area contributed by atoms with Gasteiger partial charge in [0.2, 0.25) is 5.91 Å². The van der Waals surface area contributed by atoms with Crippen molar-refractivity contribution in [2.24, 2.45) is 0 Å². The number of aliphatic hydroxyl groups excluding tert-OH is 1. The van der Waals surface area contributed by atoms with Gasteiger partial charge in [0.05, 0.1) is 12.6 Å². The molecule has 4 nitrogen and oxygen atoms in total. The van der Waals surface area contributed by atoms with E-state index in [0.29, 0.717) is 13.1 Å². The topological polar surface area (TPSA) is 52.6 Å². The smallest absolute Gasteiger partial charge is 0.234 e. The summed E-state index contributed by atoms with van der Waals surface area (Å²) in [6, 6.07) is 0.263. The lowest BCUT2D eigenvalue weighted by Crippen LogP contribution is -2.45. The number of carbonyl (C=O) groups is 1. The molecule has 1 amide bonds. The molecule has 4 heteroatoms. The van der Waals surface area contributed by atoms with Crippen molar-refractivity contribution in [1.82, 2.24) is 10.2 Å². The van der Waals surface area contributed by atoms with Crippen LogP contribution in [0, 0.1) is 0 Å². The van der Waals surface area contributed by atoms with Gasteiger partial charge in [-0.15, -0.1) is 0 Å². The number of nitrogens with zero attached hydrogens (tertiary/aromatic N) is 1. The van der Waals surface area contributed by atoms with Gasteiger partial charge in [-0.3, -0.25) is 9.69 Å². The number of amides is 1. The first-order valence-electron chi connectivity index (χ1n) is 7.31. The highest BCUT2D eigenvalue weighted by molar-refractivity contribution is 5.78. The minimum atomic E-state index is -0.256. The van der Waals surface area contributed by atoms with Gasteiger partial charge in [0.1, 0.15) is 0 Å². The number of rotatable bonds is 7. The second kappa shape index (κ2) is 8.48. The molecule has 1 fully saturated rings. The number of hydrogen-bond donors (Lipinski definition) is 2. The predicted molar refractivity (Wildman–Crippen MR) is 73.4 cm³/mol. The summed E-state index contributed by atoms with van der Waals surface area (Å²) in [4.78, 5) is 13.9. The summed E-state index contributed by atoms with van der Waals surface area (Å²) in [6.07, 6.45) is 6.29. The summed E-state index contributed by atoms with van der Waals surface area (Å²) in [7, 11) is 0. The third-order valence-electron chi connectivity index (χ3n) is 3.50. The number of unbranched alkanes of at least 4 members (excludes halogenated alkanes) is 2. The number of piperidine rings is 1. The van der Waals surface area contributed by atoms with Crippen LogP contribution in [0.15, 0.2) is 0 Å². The van der Waals surface area contributed by atoms with Crippen molar-refractivity contribution in [3.63, 3.8) is 0 Å². The molecule has 1 rings (SSSR count). The van der Waals surface area contributed by atoms with E-state index in [1.807, 2.05) is 4.90 Å². The largest absolute Gasteiger partial charge is 0.392 e. The van der Waals surface area contributed by atoms with Crippen molar-refractivity contribution in [3.8, 4) is 0 Å². The van der Waals surface area contributed by atoms with E-state index >= 15 is 0 Å². The molecule has 1 heterocycles. The second-order valence-corrected chi connectivity index (χ2v) is 5.50. The summed E-state index contributed by atoms with van der Waals surface area (Å²) >= 11 is 0. The molecule has 2 atom stereocenters. The summed E-state index contributed by atoms with van der Waals surface area (Å²) in [5, 5.41) is 12.6. The Morgan fingerprint density at radius 1 is 1.50 bits per heavy atom. The molecule has 106 valence electrons. The molecular weight excluding hydrogens is 228 g/mol. The van der Waals surface area contributed by atoms with Crippen LogP contribution in [0.25, 0.3) is 0 Å². The molecular formula is C14H28N2O2. The fourth-order valence-corrected chi connectivity index (χ4v) is 2.47. The highest BCUT2D eigenvalue weighted by atomic mass is 16.3. The van der Waals surface area contributed by atoms with Gasteiger partial charge < -0.3 is 10.4 Å².